The molecule has 1 saturated heterocycles. The van der Waals surface area contributed by atoms with Crippen molar-refractivity contribution in [2.75, 3.05) is 11.4 Å². The van der Waals surface area contributed by atoms with E-state index < -0.39 is 0 Å². The van der Waals surface area contributed by atoms with Gasteiger partial charge in [0.1, 0.15) is 10.6 Å². The minimum Gasteiger partial charge on any atom is -0.352 e. The third kappa shape index (κ3) is 3.39. The Morgan fingerprint density at radius 3 is 2.62 bits per heavy atom. The van der Waals surface area contributed by atoms with Gasteiger partial charge in [-0.2, -0.15) is 4.98 Å². The van der Waals surface area contributed by atoms with E-state index in [2.05, 4.69) is 51.4 Å². The van der Waals surface area contributed by atoms with Gasteiger partial charge in [-0.05, 0) is 77.9 Å². The van der Waals surface area contributed by atoms with Crippen molar-refractivity contribution in [3.63, 3.8) is 0 Å². The Morgan fingerprint density at radius 1 is 1.14 bits per heavy atom. The van der Waals surface area contributed by atoms with Crippen LogP contribution in [0.3, 0.4) is 0 Å². The summed E-state index contributed by atoms with van der Waals surface area (Å²) in [5.41, 5.74) is 2.65. The van der Waals surface area contributed by atoms with Gasteiger partial charge in [0.05, 0.1) is 5.39 Å². The Hall–Kier alpha value is -0.870. The minimum absolute atomic E-state index is 0.353. The second kappa shape index (κ2) is 6.32. The summed E-state index contributed by atoms with van der Waals surface area (Å²) in [5, 5.41) is 1.72. The van der Waals surface area contributed by atoms with Crippen molar-refractivity contribution in [3.8, 4) is 0 Å². The van der Waals surface area contributed by atoms with Crippen molar-refractivity contribution in [1.82, 2.24) is 9.97 Å². The van der Waals surface area contributed by atoms with Crippen molar-refractivity contribution in [2.24, 2.45) is 22.2 Å². The van der Waals surface area contributed by atoms with Crippen LogP contribution >= 0.6 is 22.9 Å². The van der Waals surface area contributed by atoms with Crippen LogP contribution < -0.4 is 4.90 Å². The Labute approximate surface area is 184 Å². The van der Waals surface area contributed by atoms with E-state index >= 15 is 0 Å². The van der Waals surface area contributed by atoms with E-state index in [-0.39, 0.29) is 0 Å². The number of thiophene rings is 1. The third-order valence-corrected chi connectivity index (χ3v) is 9.09. The topological polar surface area (TPSA) is 29.0 Å². The molecule has 2 aliphatic carbocycles. The summed E-state index contributed by atoms with van der Waals surface area (Å²) < 4.78 is 0. The molecule has 3 atom stereocenters. The summed E-state index contributed by atoms with van der Waals surface area (Å²) in [6.07, 6.45) is 7.40. The average molecular weight is 432 g/mol. The van der Waals surface area contributed by atoms with Gasteiger partial charge in [0.15, 0.2) is 0 Å². The molecule has 29 heavy (non-hydrogen) atoms. The van der Waals surface area contributed by atoms with Gasteiger partial charge in [-0.3, -0.25) is 0 Å². The SMILES string of the molecule is CC1(C)CC2CC(C)(CN2c2nc(Cl)nc3sc4c(c23)CCC(C(C)(C)C)C4)C1. The molecule has 2 fully saturated rings. The highest BCUT2D eigenvalue weighted by Gasteiger charge is 2.50. The second-order valence-corrected chi connectivity index (χ2v) is 13.6. The minimum atomic E-state index is 0.353. The van der Waals surface area contributed by atoms with Gasteiger partial charge in [0, 0.05) is 17.5 Å². The zero-order valence-electron chi connectivity index (χ0n) is 18.7. The number of aryl methyl sites for hydroxylation is 1. The predicted octanol–water partition coefficient (Wildman–Crippen LogP) is 6.90. The number of halogens is 1. The number of anilines is 1. The standard InChI is InChI=1S/C24H34ClN3S/c1-22(2,3)14-7-8-16-17(9-14)29-20-18(16)19(26-21(25)27-20)28-13-24(6)11-15(28)10-23(4,5)12-24/h14-15H,7-13H2,1-6H3. The third-order valence-electron chi connectivity index (χ3n) is 7.77. The number of nitrogens with zero attached hydrogens (tertiary/aromatic N) is 3. The molecule has 1 aliphatic heterocycles. The van der Waals surface area contributed by atoms with Crippen LogP contribution in [0.4, 0.5) is 5.82 Å². The molecule has 5 rings (SSSR count). The van der Waals surface area contributed by atoms with Crippen LogP contribution in [-0.2, 0) is 12.8 Å². The largest absolute Gasteiger partial charge is 0.352 e. The first-order chi connectivity index (χ1) is 13.4. The first kappa shape index (κ1) is 20.1. The fourth-order valence-electron chi connectivity index (χ4n) is 6.79. The molecule has 0 N–H and O–H groups in total. The van der Waals surface area contributed by atoms with Gasteiger partial charge in [-0.15, -0.1) is 11.3 Å². The van der Waals surface area contributed by atoms with E-state index in [1.807, 2.05) is 11.3 Å². The number of hydrogen-bond acceptors (Lipinski definition) is 4. The smallest absolute Gasteiger partial charge is 0.225 e. The summed E-state index contributed by atoms with van der Waals surface area (Å²) in [6, 6.07) is 0.569. The van der Waals surface area contributed by atoms with Gasteiger partial charge < -0.3 is 4.90 Å². The highest BCUT2D eigenvalue weighted by molar-refractivity contribution is 7.19. The fraction of sp³-hybridized carbons (Fsp3) is 0.750. The van der Waals surface area contributed by atoms with Gasteiger partial charge in [-0.1, -0.05) is 41.5 Å². The average Bonchev–Trinajstić information content (AvgIpc) is 3.05. The molecule has 2 aromatic rings. The lowest BCUT2D eigenvalue weighted by Gasteiger charge is -2.39. The monoisotopic (exact) mass is 431 g/mol. The lowest BCUT2D eigenvalue weighted by Crippen LogP contribution is -2.35. The van der Waals surface area contributed by atoms with Crippen LogP contribution in [0.5, 0.6) is 0 Å². The molecule has 2 bridgehead atoms. The van der Waals surface area contributed by atoms with Crippen molar-refractivity contribution >= 4 is 39.0 Å². The molecule has 3 heterocycles. The number of rotatable bonds is 1. The molecule has 5 heteroatoms. The fourth-order valence-corrected chi connectivity index (χ4v) is 8.30. The summed E-state index contributed by atoms with van der Waals surface area (Å²) in [7, 11) is 0. The molecule has 0 radical (unpaired) electrons. The van der Waals surface area contributed by atoms with Crippen LogP contribution in [0.2, 0.25) is 5.28 Å². The Bertz CT molecular complexity index is 973. The molecule has 158 valence electrons. The molecular formula is C24H34ClN3S. The predicted molar refractivity (Wildman–Crippen MR) is 124 cm³/mol. The lowest BCUT2D eigenvalue weighted by molar-refractivity contribution is 0.136. The Balaban J connectivity index is 1.60. The van der Waals surface area contributed by atoms with E-state index in [1.165, 1.54) is 47.9 Å². The van der Waals surface area contributed by atoms with Gasteiger partial charge in [-0.25, -0.2) is 4.98 Å². The highest BCUT2D eigenvalue weighted by Crippen LogP contribution is 2.55. The number of fused-ring (bicyclic) bond motifs is 5. The second-order valence-electron chi connectivity index (χ2n) is 12.1. The molecule has 2 aromatic heterocycles. The molecule has 3 aliphatic rings. The number of hydrogen-bond donors (Lipinski definition) is 0. The normalized spacial score (nSPS) is 31.3. The van der Waals surface area contributed by atoms with Crippen molar-refractivity contribution < 1.29 is 0 Å². The zero-order valence-corrected chi connectivity index (χ0v) is 20.3. The van der Waals surface area contributed by atoms with Crippen molar-refractivity contribution in [3.05, 3.63) is 15.7 Å². The van der Waals surface area contributed by atoms with Crippen molar-refractivity contribution in [2.45, 2.75) is 86.1 Å². The zero-order chi connectivity index (χ0) is 20.8. The van der Waals surface area contributed by atoms with Crippen LogP contribution in [0.15, 0.2) is 0 Å². The summed E-state index contributed by atoms with van der Waals surface area (Å²) in [4.78, 5) is 14.8. The van der Waals surface area contributed by atoms with E-state index in [4.69, 9.17) is 16.6 Å². The molecular weight excluding hydrogens is 398 g/mol. The quantitative estimate of drug-likeness (QED) is 0.459. The first-order valence-electron chi connectivity index (χ1n) is 11.2. The van der Waals surface area contributed by atoms with Crippen LogP contribution in [0, 0.1) is 22.2 Å². The molecule has 3 unspecified atom stereocenters. The summed E-state index contributed by atoms with van der Waals surface area (Å²) >= 11 is 8.33. The lowest BCUT2D eigenvalue weighted by atomic mass is 9.65. The van der Waals surface area contributed by atoms with Gasteiger partial charge >= 0.3 is 0 Å². The maximum atomic E-state index is 6.46. The summed E-state index contributed by atoms with van der Waals surface area (Å²) in [6.45, 7) is 15.6. The van der Waals surface area contributed by atoms with Crippen LogP contribution in [0.1, 0.15) is 77.7 Å². The van der Waals surface area contributed by atoms with E-state index in [1.54, 1.807) is 0 Å². The first-order valence-corrected chi connectivity index (χ1v) is 12.4. The van der Waals surface area contributed by atoms with Gasteiger partial charge in [0.25, 0.3) is 0 Å². The summed E-state index contributed by atoms with van der Waals surface area (Å²) in [5.74, 6) is 1.86. The molecule has 0 spiro atoms. The maximum Gasteiger partial charge on any atom is 0.225 e. The van der Waals surface area contributed by atoms with E-state index in [0.29, 0.717) is 27.6 Å². The Morgan fingerprint density at radius 2 is 1.90 bits per heavy atom. The maximum absolute atomic E-state index is 6.46. The Kier molecular flexibility index (Phi) is 4.37. The number of aromatic nitrogens is 2. The molecule has 1 saturated carbocycles. The van der Waals surface area contributed by atoms with Gasteiger partial charge in [0.2, 0.25) is 5.28 Å². The van der Waals surface area contributed by atoms with Crippen molar-refractivity contribution in [1.29, 1.82) is 0 Å². The highest BCUT2D eigenvalue weighted by atomic mass is 35.5. The van der Waals surface area contributed by atoms with E-state index in [9.17, 15) is 0 Å². The van der Waals surface area contributed by atoms with Crippen LogP contribution in [-0.4, -0.2) is 22.6 Å². The molecule has 0 aromatic carbocycles. The van der Waals surface area contributed by atoms with E-state index in [0.717, 1.165) is 29.5 Å². The van der Waals surface area contributed by atoms with Crippen LogP contribution in [0.25, 0.3) is 10.2 Å². The molecule has 3 nitrogen and oxygen atoms in total. The molecule has 0 amide bonds.